The van der Waals surface area contributed by atoms with Crippen LogP contribution in [0.25, 0.3) is 11.3 Å². The highest BCUT2D eigenvalue weighted by atomic mass is 32.2. The van der Waals surface area contributed by atoms with Crippen LogP contribution in [0.3, 0.4) is 0 Å². The van der Waals surface area contributed by atoms with Gasteiger partial charge in [-0.05, 0) is 62.6 Å². The van der Waals surface area contributed by atoms with E-state index < -0.39 is 15.8 Å². The lowest BCUT2D eigenvalue weighted by Crippen LogP contribution is -2.38. The van der Waals surface area contributed by atoms with Crippen molar-refractivity contribution in [1.82, 2.24) is 20.3 Å². The van der Waals surface area contributed by atoms with Gasteiger partial charge < -0.3 is 15.4 Å². The number of rotatable bonds is 10. The average molecular weight is 515 g/mol. The SMILES string of the molecule is CCCCS(=O)(=O)Nc1cc(C)c(Oc2ncccc2-c2ccnc(N[C@H]3CCCNC3)n2)c(F)c1. The molecular weight excluding hydrogens is 483 g/mol. The van der Waals surface area contributed by atoms with Crippen molar-refractivity contribution >= 4 is 21.7 Å². The predicted octanol–water partition coefficient (Wildman–Crippen LogP) is 4.48. The monoisotopic (exact) mass is 514 g/mol. The van der Waals surface area contributed by atoms with Crippen molar-refractivity contribution in [2.24, 2.45) is 0 Å². The number of anilines is 2. The van der Waals surface area contributed by atoms with Gasteiger partial charge in [0, 0.05) is 31.0 Å². The first-order chi connectivity index (χ1) is 17.3. The molecule has 0 spiro atoms. The molecule has 0 saturated carbocycles. The number of pyridine rings is 1. The molecule has 3 aromatic rings. The van der Waals surface area contributed by atoms with E-state index in [2.05, 4.69) is 30.3 Å². The van der Waals surface area contributed by atoms with Crippen molar-refractivity contribution in [1.29, 1.82) is 0 Å². The van der Waals surface area contributed by atoms with E-state index in [1.807, 2.05) is 6.92 Å². The van der Waals surface area contributed by atoms with Crippen molar-refractivity contribution in [3.05, 3.63) is 54.1 Å². The Kier molecular flexibility index (Phi) is 8.32. The molecule has 0 unspecified atom stereocenters. The molecule has 1 aliphatic heterocycles. The van der Waals surface area contributed by atoms with Crippen LogP contribution >= 0.6 is 0 Å². The van der Waals surface area contributed by atoms with E-state index in [0.717, 1.165) is 38.4 Å². The van der Waals surface area contributed by atoms with Gasteiger partial charge in [-0.25, -0.2) is 27.8 Å². The second kappa shape index (κ2) is 11.6. The molecule has 1 atom stereocenters. The summed E-state index contributed by atoms with van der Waals surface area (Å²) in [5.41, 5.74) is 1.73. The summed E-state index contributed by atoms with van der Waals surface area (Å²) >= 11 is 0. The topological polar surface area (TPSA) is 118 Å². The molecule has 4 rings (SSSR count). The van der Waals surface area contributed by atoms with Gasteiger partial charge in [0.1, 0.15) is 0 Å². The van der Waals surface area contributed by atoms with Gasteiger partial charge in [-0.15, -0.1) is 0 Å². The summed E-state index contributed by atoms with van der Waals surface area (Å²) in [6.07, 6.45) is 6.60. The van der Waals surface area contributed by atoms with Crippen LogP contribution in [0.2, 0.25) is 0 Å². The predicted molar refractivity (Wildman–Crippen MR) is 138 cm³/mol. The highest BCUT2D eigenvalue weighted by Crippen LogP contribution is 2.35. The molecule has 2 aromatic heterocycles. The molecule has 1 fully saturated rings. The van der Waals surface area contributed by atoms with Crippen LogP contribution in [0.1, 0.15) is 38.2 Å². The molecule has 1 saturated heterocycles. The lowest BCUT2D eigenvalue weighted by Gasteiger charge is -2.23. The van der Waals surface area contributed by atoms with Crippen LogP contribution < -0.4 is 20.1 Å². The summed E-state index contributed by atoms with van der Waals surface area (Å²) in [7, 11) is -3.55. The fourth-order valence-electron chi connectivity index (χ4n) is 3.98. The summed E-state index contributed by atoms with van der Waals surface area (Å²) < 4.78 is 47.8. The van der Waals surface area contributed by atoms with Gasteiger partial charge in [0.15, 0.2) is 11.6 Å². The number of nitrogens with one attached hydrogen (secondary N) is 3. The Morgan fingerprint density at radius 2 is 2.08 bits per heavy atom. The van der Waals surface area contributed by atoms with Gasteiger partial charge in [-0.3, -0.25) is 4.72 Å². The molecule has 0 amide bonds. The molecule has 0 bridgehead atoms. The number of aromatic nitrogens is 3. The summed E-state index contributed by atoms with van der Waals surface area (Å²) in [5, 5.41) is 6.71. The molecule has 0 aliphatic carbocycles. The minimum absolute atomic E-state index is 0.0211. The van der Waals surface area contributed by atoms with Gasteiger partial charge in [-0.2, -0.15) is 0 Å². The third-order valence-corrected chi connectivity index (χ3v) is 7.17. The summed E-state index contributed by atoms with van der Waals surface area (Å²) in [6.45, 7) is 5.41. The number of hydrogen-bond donors (Lipinski definition) is 3. The standard InChI is InChI=1S/C25H31FN6O3S/c1-3-4-13-36(33,34)32-19-14-17(2)23(21(26)15-19)35-24-20(8-6-11-28-24)22-9-12-29-25(31-22)30-18-7-5-10-27-16-18/h6,8-9,11-12,14-15,18,27,32H,3-5,7,10,13,16H2,1-2H3,(H,29,30,31)/t18-/m0/s1. The van der Waals surface area contributed by atoms with Crippen LogP contribution in [-0.2, 0) is 10.0 Å². The zero-order valence-electron chi connectivity index (χ0n) is 20.4. The molecule has 192 valence electrons. The molecule has 1 aromatic carbocycles. The van der Waals surface area contributed by atoms with E-state index in [1.165, 1.54) is 6.07 Å². The highest BCUT2D eigenvalue weighted by Gasteiger charge is 2.19. The average Bonchev–Trinajstić information content (AvgIpc) is 2.86. The van der Waals surface area contributed by atoms with Gasteiger partial charge in [0.25, 0.3) is 0 Å². The third-order valence-electron chi connectivity index (χ3n) is 5.80. The Bertz CT molecular complexity index is 1280. The first kappa shape index (κ1) is 25.8. The number of ether oxygens (including phenoxy) is 1. The van der Waals surface area contributed by atoms with E-state index in [9.17, 15) is 8.42 Å². The van der Waals surface area contributed by atoms with E-state index in [-0.39, 0.29) is 29.1 Å². The molecule has 1 aliphatic rings. The van der Waals surface area contributed by atoms with Gasteiger partial charge in [-0.1, -0.05) is 13.3 Å². The van der Waals surface area contributed by atoms with Crippen LogP contribution in [-0.4, -0.2) is 48.3 Å². The maximum Gasteiger partial charge on any atom is 0.232 e. The number of nitrogens with zero attached hydrogens (tertiary/aromatic N) is 3. The number of piperidine rings is 1. The van der Waals surface area contributed by atoms with Crippen LogP contribution in [0.15, 0.2) is 42.7 Å². The number of sulfonamides is 1. The van der Waals surface area contributed by atoms with Crippen LogP contribution in [0.5, 0.6) is 11.6 Å². The van der Waals surface area contributed by atoms with Crippen molar-refractivity contribution < 1.29 is 17.5 Å². The molecule has 36 heavy (non-hydrogen) atoms. The van der Waals surface area contributed by atoms with E-state index in [1.54, 1.807) is 37.5 Å². The number of benzene rings is 1. The zero-order chi connectivity index (χ0) is 25.5. The molecule has 3 heterocycles. The van der Waals surface area contributed by atoms with Crippen LogP contribution in [0, 0.1) is 12.7 Å². The lowest BCUT2D eigenvalue weighted by atomic mass is 10.1. The molecule has 9 nitrogen and oxygen atoms in total. The van der Waals surface area contributed by atoms with E-state index in [4.69, 9.17) is 4.74 Å². The van der Waals surface area contributed by atoms with E-state index >= 15 is 4.39 Å². The minimum atomic E-state index is -3.55. The van der Waals surface area contributed by atoms with Crippen molar-refractivity contribution in [3.8, 4) is 22.9 Å². The summed E-state index contributed by atoms with van der Waals surface area (Å²) in [5.74, 6) is -0.0770. The smallest absolute Gasteiger partial charge is 0.232 e. The van der Waals surface area contributed by atoms with Gasteiger partial charge in [0.2, 0.25) is 21.9 Å². The Balaban J connectivity index is 1.56. The number of aryl methyl sites for hydroxylation is 1. The second-order valence-electron chi connectivity index (χ2n) is 8.79. The third kappa shape index (κ3) is 6.67. The zero-order valence-corrected chi connectivity index (χ0v) is 21.2. The lowest BCUT2D eigenvalue weighted by molar-refractivity contribution is 0.426. The van der Waals surface area contributed by atoms with Crippen molar-refractivity contribution in [2.45, 2.75) is 45.6 Å². The Labute approximate surface area is 211 Å². The summed E-state index contributed by atoms with van der Waals surface area (Å²) in [6, 6.07) is 8.17. The fourth-order valence-corrected chi connectivity index (χ4v) is 5.23. The van der Waals surface area contributed by atoms with Gasteiger partial charge >= 0.3 is 0 Å². The maximum absolute atomic E-state index is 15.1. The van der Waals surface area contributed by atoms with Crippen molar-refractivity contribution in [3.63, 3.8) is 0 Å². The first-order valence-corrected chi connectivity index (χ1v) is 13.7. The number of halogens is 1. The fraction of sp³-hybridized carbons (Fsp3) is 0.400. The molecular formula is C25H31FN6O3S. The van der Waals surface area contributed by atoms with Gasteiger partial charge in [0.05, 0.1) is 22.7 Å². The summed E-state index contributed by atoms with van der Waals surface area (Å²) in [4.78, 5) is 13.3. The Morgan fingerprint density at radius 3 is 2.83 bits per heavy atom. The quantitative estimate of drug-likeness (QED) is 0.362. The Morgan fingerprint density at radius 1 is 1.22 bits per heavy atom. The number of hydrogen-bond acceptors (Lipinski definition) is 8. The molecule has 11 heteroatoms. The minimum Gasteiger partial charge on any atom is -0.435 e. The second-order valence-corrected chi connectivity index (χ2v) is 10.6. The molecule has 3 N–H and O–H groups in total. The first-order valence-electron chi connectivity index (χ1n) is 12.1. The maximum atomic E-state index is 15.1. The molecule has 0 radical (unpaired) electrons. The Hall–Kier alpha value is -3.31. The van der Waals surface area contributed by atoms with Crippen molar-refractivity contribution in [2.75, 3.05) is 28.9 Å². The van der Waals surface area contributed by atoms with E-state index in [0.29, 0.717) is 29.2 Å². The normalized spacial score (nSPS) is 15.9. The number of unbranched alkanes of at least 4 members (excludes halogenated alkanes) is 1. The van der Waals surface area contributed by atoms with Crippen LogP contribution in [0.4, 0.5) is 16.0 Å². The largest absolute Gasteiger partial charge is 0.435 e. The highest BCUT2D eigenvalue weighted by molar-refractivity contribution is 7.92.